The Bertz CT molecular complexity index is 671. The van der Waals surface area contributed by atoms with Gasteiger partial charge in [0, 0.05) is 23.3 Å². The SMILES string of the molecule is CCN(CC)C(=O)c1cc(C)nc(Nc2ccccc2Br)n1. The van der Waals surface area contributed by atoms with E-state index in [0.29, 0.717) is 24.7 Å². The number of halogens is 1. The summed E-state index contributed by atoms with van der Waals surface area (Å²) in [5.74, 6) is 0.341. The largest absolute Gasteiger partial charge is 0.338 e. The van der Waals surface area contributed by atoms with Gasteiger partial charge in [0.15, 0.2) is 0 Å². The van der Waals surface area contributed by atoms with Crippen molar-refractivity contribution in [3.05, 3.63) is 46.2 Å². The molecule has 22 heavy (non-hydrogen) atoms. The van der Waals surface area contributed by atoms with Gasteiger partial charge in [-0.2, -0.15) is 0 Å². The van der Waals surface area contributed by atoms with Crippen LogP contribution in [0.1, 0.15) is 30.0 Å². The van der Waals surface area contributed by atoms with Crippen LogP contribution in [0.15, 0.2) is 34.8 Å². The van der Waals surface area contributed by atoms with E-state index in [1.807, 2.05) is 45.0 Å². The molecule has 0 unspecified atom stereocenters. The third-order valence-electron chi connectivity index (χ3n) is 3.24. The van der Waals surface area contributed by atoms with Gasteiger partial charge in [0.05, 0.1) is 5.69 Å². The van der Waals surface area contributed by atoms with Crippen molar-refractivity contribution in [1.29, 1.82) is 0 Å². The molecular weight excluding hydrogens is 344 g/mol. The summed E-state index contributed by atoms with van der Waals surface area (Å²) in [6.07, 6.45) is 0. The van der Waals surface area contributed by atoms with Crippen LogP contribution >= 0.6 is 15.9 Å². The standard InChI is InChI=1S/C16H19BrN4O/c1-4-21(5-2)15(22)14-10-11(3)18-16(20-14)19-13-9-7-6-8-12(13)17/h6-10H,4-5H2,1-3H3,(H,18,19,20). The van der Waals surface area contributed by atoms with Gasteiger partial charge < -0.3 is 10.2 Å². The quantitative estimate of drug-likeness (QED) is 0.879. The molecule has 116 valence electrons. The van der Waals surface area contributed by atoms with Gasteiger partial charge in [0.2, 0.25) is 5.95 Å². The van der Waals surface area contributed by atoms with Crippen molar-refractivity contribution in [2.45, 2.75) is 20.8 Å². The molecule has 2 aromatic rings. The molecule has 0 aliphatic carbocycles. The predicted molar refractivity (Wildman–Crippen MR) is 91.4 cm³/mol. The van der Waals surface area contributed by atoms with Gasteiger partial charge >= 0.3 is 0 Å². The molecule has 1 aromatic carbocycles. The Morgan fingerprint density at radius 3 is 2.55 bits per heavy atom. The lowest BCUT2D eigenvalue weighted by molar-refractivity contribution is 0.0767. The molecule has 0 bridgehead atoms. The Hall–Kier alpha value is -1.95. The normalized spacial score (nSPS) is 10.4. The number of anilines is 2. The number of amides is 1. The molecule has 5 nitrogen and oxygen atoms in total. The summed E-state index contributed by atoms with van der Waals surface area (Å²) < 4.78 is 0.914. The number of para-hydroxylation sites is 1. The predicted octanol–water partition coefficient (Wildman–Crippen LogP) is 3.77. The second kappa shape index (κ2) is 7.35. The molecule has 0 saturated heterocycles. The van der Waals surface area contributed by atoms with Crippen LogP contribution in [-0.4, -0.2) is 33.9 Å². The van der Waals surface area contributed by atoms with E-state index in [4.69, 9.17) is 0 Å². The summed E-state index contributed by atoms with van der Waals surface area (Å²) in [6.45, 7) is 7.08. The van der Waals surface area contributed by atoms with Crippen LogP contribution in [0.4, 0.5) is 11.6 Å². The first-order valence-electron chi connectivity index (χ1n) is 7.21. The van der Waals surface area contributed by atoms with Gasteiger partial charge in [-0.15, -0.1) is 0 Å². The number of aromatic nitrogens is 2. The zero-order valence-electron chi connectivity index (χ0n) is 12.9. The summed E-state index contributed by atoms with van der Waals surface area (Å²) in [6, 6.07) is 9.42. The van der Waals surface area contributed by atoms with Crippen LogP contribution in [-0.2, 0) is 0 Å². The van der Waals surface area contributed by atoms with Crippen molar-refractivity contribution < 1.29 is 4.79 Å². The maximum atomic E-state index is 12.4. The highest BCUT2D eigenvalue weighted by Gasteiger charge is 2.16. The highest BCUT2D eigenvalue weighted by atomic mass is 79.9. The zero-order valence-corrected chi connectivity index (χ0v) is 14.5. The van der Waals surface area contributed by atoms with E-state index >= 15 is 0 Å². The molecule has 1 amide bonds. The van der Waals surface area contributed by atoms with Crippen LogP contribution in [0.3, 0.4) is 0 Å². The number of carbonyl (C=O) groups is 1. The molecule has 0 fully saturated rings. The summed E-state index contributed by atoms with van der Waals surface area (Å²) in [5.41, 5.74) is 2.01. The number of hydrogen-bond donors (Lipinski definition) is 1. The lowest BCUT2D eigenvalue weighted by Gasteiger charge is -2.18. The van der Waals surface area contributed by atoms with Crippen molar-refractivity contribution in [2.24, 2.45) is 0 Å². The molecule has 0 aliphatic heterocycles. The minimum absolute atomic E-state index is 0.0781. The van der Waals surface area contributed by atoms with Gasteiger partial charge in [-0.05, 0) is 54.9 Å². The van der Waals surface area contributed by atoms with Crippen molar-refractivity contribution in [1.82, 2.24) is 14.9 Å². The first-order valence-corrected chi connectivity index (χ1v) is 8.01. The number of aryl methyl sites for hydroxylation is 1. The summed E-state index contributed by atoms with van der Waals surface area (Å²) >= 11 is 3.47. The van der Waals surface area contributed by atoms with Crippen LogP contribution in [0.5, 0.6) is 0 Å². The van der Waals surface area contributed by atoms with E-state index in [0.717, 1.165) is 15.9 Å². The molecule has 6 heteroatoms. The van der Waals surface area contributed by atoms with E-state index in [9.17, 15) is 4.79 Å². The van der Waals surface area contributed by atoms with Gasteiger partial charge in [0.25, 0.3) is 5.91 Å². The van der Waals surface area contributed by atoms with E-state index in [-0.39, 0.29) is 5.91 Å². The van der Waals surface area contributed by atoms with Gasteiger partial charge in [-0.3, -0.25) is 4.79 Å². The maximum absolute atomic E-state index is 12.4. The average Bonchev–Trinajstić information content (AvgIpc) is 2.50. The van der Waals surface area contributed by atoms with E-state index < -0.39 is 0 Å². The minimum atomic E-state index is -0.0781. The van der Waals surface area contributed by atoms with Crippen LogP contribution in [0.2, 0.25) is 0 Å². The van der Waals surface area contributed by atoms with E-state index in [1.165, 1.54) is 0 Å². The highest BCUT2D eigenvalue weighted by Crippen LogP contribution is 2.24. The zero-order chi connectivity index (χ0) is 16.1. The van der Waals surface area contributed by atoms with Crippen molar-refractivity contribution in [2.75, 3.05) is 18.4 Å². The molecule has 1 aromatic heterocycles. The fourth-order valence-corrected chi connectivity index (χ4v) is 2.47. The number of carbonyl (C=O) groups excluding carboxylic acids is 1. The number of hydrogen-bond acceptors (Lipinski definition) is 4. The monoisotopic (exact) mass is 362 g/mol. The topological polar surface area (TPSA) is 58.1 Å². The third kappa shape index (κ3) is 3.82. The Morgan fingerprint density at radius 2 is 1.91 bits per heavy atom. The van der Waals surface area contributed by atoms with Crippen molar-refractivity contribution in [3.8, 4) is 0 Å². The molecule has 0 saturated carbocycles. The Labute approximate surface area is 138 Å². The fourth-order valence-electron chi connectivity index (χ4n) is 2.09. The lowest BCUT2D eigenvalue weighted by Crippen LogP contribution is -2.31. The second-order valence-corrected chi connectivity index (χ2v) is 5.65. The van der Waals surface area contributed by atoms with Crippen molar-refractivity contribution >= 4 is 33.5 Å². The van der Waals surface area contributed by atoms with Gasteiger partial charge in [0.1, 0.15) is 5.69 Å². The average molecular weight is 363 g/mol. The van der Waals surface area contributed by atoms with Crippen LogP contribution in [0, 0.1) is 6.92 Å². The van der Waals surface area contributed by atoms with Gasteiger partial charge in [-0.1, -0.05) is 12.1 Å². The fraction of sp³-hybridized carbons (Fsp3) is 0.312. The summed E-state index contributed by atoms with van der Waals surface area (Å²) in [7, 11) is 0. The number of nitrogens with one attached hydrogen (secondary N) is 1. The molecule has 0 radical (unpaired) electrons. The lowest BCUT2D eigenvalue weighted by atomic mass is 10.3. The molecule has 1 heterocycles. The first kappa shape index (κ1) is 16.4. The number of rotatable bonds is 5. The summed E-state index contributed by atoms with van der Waals surface area (Å²) in [5, 5.41) is 3.14. The first-order chi connectivity index (χ1) is 10.5. The van der Waals surface area contributed by atoms with E-state index in [1.54, 1.807) is 11.0 Å². The Balaban J connectivity index is 2.31. The highest BCUT2D eigenvalue weighted by molar-refractivity contribution is 9.10. The minimum Gasteiger partial charge on any atom is -0.338 e. The Morgan fingerprint density at radius 1 is 1.23 bits per heavy atom. The maximum Gasteiger partial charge on any atom is 0.272 e. The molecule has 1 N–H and O–H groups in total. The molecular formula is C16H19BrN4O. The summed E-state index contributed by atoms with van der Waals surface area (Å²) in [4.78, 5) is 22.9. The van der Waals surface area contributed by atoms with Crippen LogP contribution in [0.25, 0.3) is 0 Å². The number of nitrogens with zero attached hydrogens (tertiary/aromatic N) is 3. The van der Waals surface area contributed by atoms with Crippen LogP contribution < -0.4 is 5.32 Å². The second-order valence-electron chi connectivity index (χ2n) is 4.80. The molecule has 0 atom stereocenters. The third-order valence-corrected chi connectivity index (χ3v) is 3.94. The Kier molecular flexibility index (Phi) is 5.49. The van der Waals surface area contributed by atoms with Crippen molar-refractivity contribution in [3.63, 3.8) is 0 Å². The number of benzene rings is 1. The van der Waals surface area contributed by atoms with E-state index in [2.05, 4.69) is 31.2 Å². The molecule has 2 rings (SSSR count). The molecule has 0 spiro atoms. The molecule has 0 aliphatic rings. The van der Waals surface area contributed by atoms with Gasteiger partial charge in [-0.25, -0.2) is 9.97 Å². The smallest absolute Gasteiger partial charge is 0.272 e.